The first-order chi connectivity index (χ1) is 16.7. The number of rotatable bonds is 9. The average Bonchev–Trinajstić information content (AvgIpc) is 2.83. The Labute approximate surface area is 209 Å². The molecule has 3 aromatic carbocycles. The van der Waals surface area contributed by atoms with Crippen molar-refractivity contribution in [2.24, 2.45) is 0 Å². The number of amides is 2. The van der Waals surface area contributed by atoms with Gasteiger partial charge in [0.1, 0.15) is 5.75 Å². The number of nitrogens with one attached hydrogen (secondary N) is 2. The van der Waals surface area contributed by atoms with Crippen molar-refractivity contribution in [3.63, 3.8) is 0 Å². The third-order valence-corrected chi connectivity index (χ3v) is 5.91. The maximum Gasteiger partial charge on any atom is 0.336 e. The summed E-state index contributed by atoms with van der Waals surface area (Å²) in [4.78, 5) is 48.2. The Balaban J connectivity index is 1.61. The zero-order valence-corrected chi connectivity index (χ0v) is 19.8. The minimum absolute atomic E-state index is 0.110. The number of halogens is 1. The van der Waals surface area contributed by atoms with Crippen molar-refractivity contribution in [3.8, 4) is 5.75 Å². The van der Waals surface area contributed by atoms with Crippen molar-refractivity contribution in [1.29, 1.82) is 0 Å². The monoisotopic (exact) mass is 514 g/mol. The molecule has 3 rings (SSSR count). The predicted molar refractivity (Wildman–Crippen MR) is 132 cm³/mol. The maximum atomic E-state index is 12.6. The van der Waals surface area contributed by atoms with Crippen LogP contribution >= 0.6 is 23.4 Å². The molecule has 0 aliphatic heterocycles. The van der Waals surface area contributed by atoms with Crippen LogP contribution in [0.15, 0.2) is 65.6 Å². The second kappa shape index (κ2) is 11.4. The summed E-state index contributed by atoms with van der Waals surface area (Å²) < 4.78 is 5.20. The molecule has 0 heterocycles. The molecular formula is C24H19ClN2O7S. The fraction of sp³-hybridized carbons (Fsp3) is 0.0833. The number of carbonyl (C=O) groups excluding carboxylic acids is 2. The number of hydrogen-bond acceptors (Lipinski definition) is 6. The fourth-order valence-corrected chi connectivity index (χ4v) is 3.87. The van der Waals surface area contributed by atoms with E-state index in [4.69, 9.17) is 21.4 Å². The van der Waals surface area contributed by atoms with Crippen LogP contribution in [-0.2, 0) is 4.79 Å². The molecule has 0 unspecified atom stereocenters. The van der Waals surface area contributed by atoms with Gasteiger partial charge in [0.2, 0.25) is 5.91 Å². The molecule has 2 amide bonds. The van der Waals surface area contributed by atoms with Gasteiger partial charge in [-0.05, 0) is 60.7 Å². The van der Waals surface area contributed by atoms with Gasteiger partial charge in [0.05, 0.1) is 35.2 Å². The Bertz CT molecular complexity index is 1300. The standard InChI is InChI=1S/C24H19ClN2O7S/c1-34-20-9-3-14(25)11-19(20)27-21(28)12-35-16-6-4-15(5-7-16)26-22(29)17-8-2-13(23(30)31)10-18(17)24(32)33/h2-11H,12H2,1H3,(H,26,29)(H,27,28)(H,30,31)(H,32,33). The van der Waals surface area contributed by atoms with Crippen molar-refractivity contribution in [2.75, 3.05) is 23.5 Å². The first-order valence-electron chi connectivity index (χ1n) is 9.96. The lowest BCUT2D eigenvalue weighted by molar-refractivity contribution is -0.113. The molecule has 0 saturated heterocycles. The largest absolute Gasteiger partial charge is 0.495 e. The molecule has 11 heteroatoms. The summed E-state index contributed by atoms with van der Waals surface area (Å²) in [7, 11) is 1.49. The van der Waals surface area contributed by atoms with Gasteiger partial charge in [0, 0.05) is 15.6 Å². The molecule has 0 atom stereocenters. The summed E-state index contributed by atoms with van der Waals surface area (Å²) >= 11 is 7.24. The summed E-state index contributed by atoms with van der Waals surface area (Å²) in [5, 5.41) is 24.2. The van der Waals surface area contributed by atoms with Gasteiger partial charge >= 0.3 is 11.9 Å². The molecule has 0 radical (unpaired) electrons. The number of carboxylic acid groups (broad SMARTS) is 2. The molecule has 0 aliphatic rings. The van der Waals surface area contributed by atoms with Crippen LogP contribution in [0.5, 0.6) is 5.75 Å². The van der Waals surface area contributed by atoms with Gasteiger partial charge in [-0.2, -0.15) is 0 Å². The molecule has 3 aromatic rings. The third kappa shape index (κ3) is 6.75. The highest BCUT2D eigenvalue weighted by molar-refractivity contribution is 8.00. The minimum atomic E-state index is -1.42. The van der Waals surface area contributed by atoms with Gasteiger partial charge in [0.25, 0.3) is 5.91 Å². The molecule has 0 bridgehead atoms. The summed E-state index contributed by atoms with van der Waals surface area (Å²) in [6.45, 7) is 0. The lowest BCUT2D eigenvalue weighted by Crippen LogP contribution is -2.17. The first-order valence-corrected chi connectivity index (χ1v) is 11.3. The van der Waals surface area contributed by atoms with Gasteiger partial charge in [-0.3, -0.25) is 9.59 Å². The highest BCUT2D eigenvalue weighted by Crippen LogP contribution is 2.28. The van der Waals surface area contributed by atoms with Gasteiger partial charge in [-0.1, -0.05) is 11.6 Å². The van der Waals surface area contributed by atoms with Crippen LogP contribution in [0.1, 0.15) is 31.1 Å². The summed E-state index contributed by atoms with van der Waals surface area (Å²) in [5.41, 5.74) is 0.0241. The van der Waals surface area contributed by atoms with Gasteiger partial charge in [0.15, 0.2) is 0 Å². The summed E-state index contributed by atoms with van der Waals surface area (Å²) in [6, 6.07) is 14.7. The van der Waals surface area contributed by atoms with Crippen molar-refractivity contribution in [3.05, 3.63) is 82.4 Å². The molecule has 35 heavy (non-hydrogen) atoms. The molecular weight excluding hydrogens is 496 g/mol. The van der Waals surface area contributed by atoms with Crippen molar-refractivity contribution in [2.45, 2.75) is 4.90 Å². The third-order valence-electron chi connectivity index (χ3n) is 4.66. The van der Waals surface area contributed by atoms with Crippen LogP contribution < -0.4 is 15.4 Å². The van der Waals surface area contributed by atoms with E-state index in [1.54, 1.807) is 42.5 Å². The van der Waals surface area contributed by atoms with Crippen molar-refractivity contribution in [1.82, 2.24) is 0 Å². The van der Waals surface area contributed by atoms with E-state index in [1.165, 1.54) is 18.9 Å². The van der Waals surface area contributed by atoms with Gasteiger partial charge < -0.3 is 25.6 Å². The van der Waals surface area contributed by atoms with Crippen LogP contribution in [0.2, 0.25) is 5.02 Å². The number of ether oxygens (including phenoxy) is 1. The van der Waals surface area contributed by atoms with Crippen molar-refractivity contribution < 1.29 is 34.1 Å². The lowest BCUT2D eigenvalue weighted by Gasteiger charge is -2.11. The van der Waals surface area contributed by atoms with E-state index in [0.29, 0.717) is 22.1 Å². The minimum Gasteiger partial charge on any atom is -0.495 e. The molecule has 0 saturated carbocycles. The first kappa shape index (κ1) is 25.6. The molecule has 0 spiro atoms. The second-order valence-corrected chi connectivity index (χ2v) is 8.52. The number of thioether (sulfide) groups is 1. The molecule has 4 N–H and O–H groups in total. The number of carboxylic acids is 2. The second-order valence-electron chi connectivity index (χ2n) is 7.03. The number of aromatic carboxylic acids is 2. The maximum absolute atomic E-state index is 12.6. The molecule has 0 aliphatic carbocycles. The zero-order valence-electron chi connectivity index (χ0n) is 18.2. The van der Waals surface area contributed by atoms with Crippen LogP contribution in [0.25, 0.3) is 0 Å². The Morgan fingerprint density at radius 2 is 1.60 bits per heavy atom. The fourth-order valence-electron chi connectivity index (χ4n) is 3.00. The molecule has 180 valence electrons. The zero-order chi connectivity index (χ0) is 25.5. The predicted octanol–water partition coefficient (Wildman–Crippen LogP) is 4.73. The number of carbonyl (C=O) groups is 4. The number of hydrogen-bond donors (Lipinski definition) is 4. The van der Waals surface area contributed by atoms with Gasteiger partial charge in [-0.15, -0.1) is 11.8 Å². The van der Waals surface area contributed by atoms with E-state index in [9.17, 15) is 24.3 Å². The highest BCUT2D eigenvalue weighted by Gasteiger charge is 2.19. The van der Waals surface area contributed by atoms with E-state index in [1.807, 2.05) is 0 Å². The molecule has 0 fully saturated rings. The highest BCUT2D eigenvalue weighted by atomic mass is 35.5. The van der Waals surface area contributed by atoms with Crippen LogP contribution in [0.4, 0.5) is 11.4 Å². The quantitative estimate of drug-likeness (QED) is 0.300. The van der Waals surface area contributed by atoms with Crippen LogP contribution in [0, 0.1) is 0 Å². The smallest absolute Gasteiger partial charge is 0.336 e. The van der Waals surface area contributed by atoms with E-state index >= 15 is 0 Å². The molecule has 9 nitrogen and oxygen atoms in total. The van der Waals surface area contributed by atoms with E-state index in [2.05, 4.69) is 10.6 Å². The van der Waals surface area contributed by atoms with Crippen molar-refractivity contribution >= 4 is 58.5 Å². The average molecular weight is 515 g/mol. The normalized spacial score (nSPS) is 10.3. The van der Waals surface area contributed by atoms with Crippen LogP contribution in [0.3, 0.4) is 0 Å². The van der Waals surface area contributed by atoms with Crippen LogP contribution in [-0.4, -0.2) is 46.8 Å². The topological polar surface area (TPSA) is 142 Å². The van der Waals surface area contributed by atoms with Gasteiger partial charge in [-0.25, -0.2) is 9.59 Å². The Morgan fingerprint density at radius 3 is 2.23 bits per heavy atom. The number of methoxy groups -OCH3 is 1. The number of anilines is 2. The lowest BCUT2D eigenvalue weighted by atomic mass is 10.0. The summed E-state index contributed by atoms with van der Waals surface area (Å²) in [5.74, 6) is -3.09. The number of benzene rings is 3. The Kier molecular flexibility index (Phi) is 8.34. The molecule has 0 aromatic heterocycles. The van der Waals surface area contributed by atoms with E-state index < -0.39 is 23.4 Å². The van der Waals surface area contributed by atoms with E-state index in [0.717, 1.165) is 23.1 Å². The van der Waals surface area contributed by atoms with E-state index in [-0.39, 0.29) is 22.8 Å². The Morgan fingerprint density at radius 1 is 0.886 bits per heavy atom. The Hall–Kier alpha value is -4.02. The SMILES string of the molecule is COc1ccc(Cl)cc1NC(=O)CSc1ccc(NC(=O)c2ccc(C(=O)O)cc2C(=O)O)cc1. The summed E-state index contributed by atoms with van der Waals surface area (Å²) in [6.07, 6.45) is 0.